The Hall–Kier alpha value is -2.29. The normalized spacial score (nSPS) is 11.8. The largest absolute Gasteiger partial charge is 0.374 e. The van der Waals surface area contributed by atoms with E-state index in [2.05, 4.69) is 10.6 Å². The zero-order valence-corrected chi connectivity index (χ0v) is 13.0. The second-order valence-corrected chi connectivity index (χ2v) is 5.49. The molecule has 3 heteroatoms. The third-order valence-corrected chi connectivity index (χ3v) is 3.56. The number of anilines is 2. The summed E-state index contributed by atoms with van der Waals surface area (Å²) in [5.41, 5.74) is 5.20. The van der Waals surface area contributed by atoms with Crippen LogP contribution in [0.4, 0.5) is 11.4 Å². The van der Waals surface area contributed by atoms with Gasteiger partial charge < -0.3 is 10.6 Å². The van der Waals surface area contributed by atoms with Crippen molar-refractivity contribution in [2.75, 3.05) is 10.6 Å². The molecule has 21 heavy (non-hydrogen) atoms. The number of hydrogen-bond acceptors (Lipinski definition) is 2. The molecule has 0 radical (unpaired) electrons. The van der Waals surface area contributed by atoms with Crippen LogP contribution >= 0.6 is 0 Å². The van der Waals surface area contributed by atoms with Crippen LogP contribution in [0.15, 0.2) is 42.5 Å². The van der Waals surface area contributed by atoms with Crippen molar-refractivity contribution in [2.45, 2.75) is 33.7 Å². The highest BCUT2D eigenvalue weighted by Gasteiger charge is 2.14. The molecule has 0 aromatic heterocycles. The van der Waals surface area contributed by atoms with E-state index in [1.165, 1.54) is 5.56 Å². The number of hydrogen-bond donors (Lipinski definition) is 2. The van der Waals surface area contributed by atoms with E-state index >= 15 is 0 Å². The predicted molar refractivity (Wildman–Crippen MR) is 88.8 cm³/mol. The molecule has 2 aromatic carbocycles. The fraction of sp³-hybridized carbons (Fsp3) is 0.278. The predicted octanol–water partition coefficient (Wildman–Crippen LogP) is 4.05. The van der Waals surface area contributed by atoms with E-state index in [1.807, 2.05) is 70.2 Å². The molecule has 0 saturated carbocycles. The lowest BCUT2D eigenvalue weighted by Crippen LogP contribution is -2.32. The molecule has 0 aliphatic carbocycles. The molecule has 0 bridgehead atoms. The van der Waals surface area contributed by atoms with Gasteiger partial charge in [0.25, 0.3) is 0 Å². The van der Waals surface area contributed by atoms with Gasteiger partial charge in [-0.05, 0) is 51.0 Å². The highest BCUT2D eigenvalue weighted by molar-refractivity contribution is 5.97. The summed E-state index contributed by atoms with van der Waals surface area (Å²) in [7, 11) is 0. The van der Waals surface area contributed by atoms with Crippen LogP contribution in [0, 0.1) is 20.8 Å². The van der Waals surface area contributed by atoms with Gasteiger partial charge in [0, 0.05) is 11.4 Å². The van der Waals surface area contributed by atoms with Crippen LogP contribution in [0.3, 0.4) is 0 Å². The Morgan fingerprint density at radius 1 is 0.952 bits per heavy atom. The van der Waals surface area contributed by atoms with Crippen LogP contribution in [0.5, 0.6) is 0 Å². The number of amides is 1. The van der Waals surface area contributed by atoms with E-state index in [0.717, 1.165) is 22.5 Å². The van der Waals surface area contributed by atoms with Crippen molar-refractivity contribution < 1.29 is 4.79 Å². The second kappa shape index (κ2) is 6.44. The van der Waals surface area contributed by atoms with Gasteiger partial charge in [-0.2, -0.15) is 0 Å². The third-order valence-electron chi connectivity index (χ3n) is 3.56. The Morgan fingerprint density at radius 2 is 1.52 bits per heavy atom. The quantitative estimate of drug-likeness (QED) is 0.888. The molecule has 0 aliphatic rings. The van der Waals surface area contributed by atoms with Crippen LogP contribution in [-0.4, -0.2) is 11.9 Å². The summed E-state index contributed by atoms with van der Waals surface area (Å²) >= 11 is 0. The van der Waals surface area contributed by atoms with E-state index in [9.17, 15) is 4.79 Å². The molecule has 110 valence electrons. The molecule has 3 nitrogen and oxygen atoms in total. The van der Waals surface area contributed by atoms with Crippen molar-refractivity contribution in [3.8, 4) is 0 Å². The smallest absolute Gasteiger partial charge is 0.246 e. The van der Waals surface area contributed by atoms with Crippen molar-refractivity contribution in [3.05, 3.63) is 59.2 Å². The minimum atomic E-state index is -0.299. The standard InChI is InChI=1S/C18H22N2O/c1-12-8-10-16(11-9-12)19-15(4)18(21)20-17-13(2)6-5-7-14(17)3/h5-11,15,19H,1-4H3,(H,20,21). The van der Waals surface area contributed by atoms with E-state index in [-0.39, 0.29) is 11.9 Å². The van der Waals surface area contributed by atoms with Gasteiger partial charge in [0.15, 0.2) is 0 Å². The number of carbonyl (C=O) groups is 1. The molecule has 1 amide bonds. The van der Waals surface area contributed by atoms with Gasteiger partial charge in [-0.1, -0.05) is 35.9 Å². The zero-order chi connectivity index (χ0) is 15.4. The highest BCUT2D eigenvalue weighted by Crippen LogP contribution is 2.20. The first-order chi connectivity index (χ1) is 9.97. The minimum absolute atomic E-state index is 0.0343. The Balaban J connectivity index is 2.04. The minimum Gasteiger partial charge on any atom is -0.374 e. The summed E-state index contributed by atoms with van der Waals surface area (Å²) in [5.74, 6) is -0.0343. The van der Waals surface area contributed by atoms with Crippen LogP contribution in [0.25, 0.3) is 0 Å². The Labute approximate surface area is 126 Å². The summed E-state index contributed by atoms with van der Waals surface area (Å²) in [6, 6.07) is 13.7. The van der Waals surface area contributed by atoms with Crippen LogP contribution < -0.4 is 10.6 Å². The van der Waals surface area contributed by atoms with Crippen molar-refractivity contribution in [1.82, 2.24) is 0 Å². The lowest BCUT2D eigenvalue weighted by Gasteiger charge is -2.17. The van der Waals surface area contributed by atoms with Gasteiger partial charge in [0.2, 0.25) is 5.91 Å². The number of benzene rings is 2. The Kier molecular flexibility index (Phi) is 4.63. The molecule has 0 aliphatic heterocycles. The average molecular weight is 282 g/mol. The number of aryl methyl sites for hydroxylation is 3. The van der Waals surface area contributed by atoms with Gasteiger partial charge in [-0.25, -0.2) is 0 Å². The molecule has 1 unspecified atom stereocenters. The molecule has 2 rings (SSSR count). The maximum Gasteiger partial charge on any atom is 0.246 e. The molecular weight excluding hydrogens is 260 g/mol. The maximum atomic E-state index is 12.3. The lowest BCUT2D eigenvalue weighted by atomic mass is 10.1. The molecule has 0 fully saturated rings. The summed E-state index contributed by atoms with van der Waals surface area (Å²) in [6.07, 6.45) is 0. The van der Waals surface area contributed by atoms with E-state index < -0.39 is 0 Å². The summed E-state index contributed by atoms with van der Waals surface area (Å²) in [6.45, 7) is 7.91. The van der Waals surface area contributed by atoms with Crippen LogP contribution in [-0.2, 0) is 4.79 Å². The summed E-state index contributed by atoms with van der Waals surface area (Å²) < 4.78 is 0. The van der Waals surface area contributed by atoms with Crippen LogP contribution in [0.2, 0.25) is 0 Å². The fourth-order valence-corrected chi connectivity index (χ4v) is 2.21. The molecular formula is C18H22N2O. The SMILES string of the molecule is Cc1ccc(NC(C)C(=O)Nc2c(C)cccc2C)cc1. The van der Waals surface area contributed by atoms with Crippen molar-refractivity contribution in [1.29, 1.82) is 0 Å². The summed E-state index contributed by atoms with van der Waals surface area (Å²) in [4.78, 5) is 12.3. The zero-order valence-electron chi connectivity index (χ0n) is 13.0. The molecule has 0 saturated heterocycles. The number of rotatable bonds is 4. The number of para-hydroxylation sites is 1. The van der Waals surface area contributed by atoms with Crippen molar-refractivity contribution >= 4 is 17.3 Å². The van der Waals surface area contributed by atoms with Gasteiger partial charge in [0.1, 0.15) is 6.04 Å². The van der Waals surface area contributed by atoms with Crippen molar-refractivity contribution in [3.63, 3.8) is 0 Å². The Morgan fingerprint density at radius 3 is 2.10 bits per heavy atom. The maximum absolute atomic E-state index is 12.3. The van der Waals surface area contributed by atoms with Gasteiger partial charge in [-0.15, -0.1) is 0 Å². The van der Waals surface area contributed by atoms with E-state index in [0.29, 0.717) is 0 Å². The first-order valence-corrected chi connectivity index (χ1v) is 7.17. The average Bonchev–Trinajstić information content (AvgIpc) is 2.45. The molecule has 0 spiro atoms. The monoisotopic (exact) mass is 282 g/mol. The van der Waals surface area contributed by atoms with Gasteiger partial charge >= 0.3 is 0 Å². The third kappa shape index (κ3) is 3.85. The molecule has 1 atom stereocenters. The fourth-order valence-electron chi connectivity index (χ4n) is 2.21. The van der Waals surface area contributed by atoms with Crippen LogP contribution in [0.1, 0.15) is 23.6 Å². The first-order valence-electron chi connectivity index (χ1n) is 7.17. The number of carbonyl (C=O) groups excluding carboxylic acids is 1. The summed E-state index contributed by atoms with van der Waals surface area (Å²) in [5, 5.41) is 6.22. The molecule has 0 heterocycles. The van der Waals surface area contributed by atoms with E-state index in [4.69, 9.17) is 0 Å². The topological polar surface area (TPSA) is 41.1 Å². The highest BCUT2D eigenvalue weighted by atomic mass is 16.2. The number of nitrogens with one attached hydrogen (secondary N) is 2. The second-order valence-electron chi connectivity index (χ2n) is 5.49. The van der Waals surface area contributed by atoms with Gasteiger partial charge in [0.05, 0.1) is 0 Å². The molecule has 2 N–H and O–H groups in total. The lowest BCUT2D eigenvalue weighted by molar-refractivity contribution is -0.116. The van der Waals surface area contributed by atoms with E-state index in [1.54, 1.807) is 0 Å². The van der Waals surface area contributed by atoms with Crippen molar-refractivity contribution in [2.24, 2.45) is 0 Å². The Bertz CT molecular complexity index is 612. The van der Waals surface area contributed by atoms with Gasteiger partial charge in [-0.3, -0.25) is 4.79 Å². The molecule has 2 aromatic rings. The first kappa shape index (κ1) is 15.1.